The van der Waals surface area contributed by atoms with Crippen LogP contribution >= 0.6 is 23.2 Å². The molecule has 0 radical (unpaired) electrons. The van der Waals surface area contributed by atoms with Crippen molar-refractivity contribution in [1.82, 2.24) is 5.32 Å². The highest BCUT2D eigenvalue weighted by Gasteiger charge is 2.44. The van der Waals surface area contributed by atoms with E-state index in [1.807, 2.05) is 0 Å². The summed E-state index contributed by atoms with van der Waals surface area (Å²) < 4.78 is 35.4. The number of benzene rings is 2. The third kappa shape index (κ3) is 8.11. The normalized spacial score (nSPS) is 17.0. The van der Waals surface area contributed by atoms with Crippen LogP contribution in [0.3, 0.4) is 0 Å². The van der Waals surface area contributed by atoms with Gasteiger partial charge in [-0.25, -0.2) is 9.18 Å². The maximum Gasteiger partial charge on any atom is 0.336 e. The number of halogens is 3. The number of carbonyl (C=O) groups excluding carboxylic acids is 2. The van der Waals surface area contributed by atoms with Gasteiger partial charge in [0.05, 0.1) is 61.5 Å². The van der Waals surface area contributed by atoms with Gasteiger partial charge < -0.3 is 24.3 Å². The molecule has 40 heavy (non-hydrogen) atoms. The molecule has 3 rings (SSSR count). The molecule has 1 aliphatic rings. The van der Waals surface area contributed by atoms with E-state index in [0.29, 0.717) is 48.8 Å². The molecular weight excluding hydrogens is 562 g/mol. The van der Waals surface area contributed by atoms with Crippen LogP contribution in [0, 0.1) is 11.7 Å². The second-order valence-electron chi connectivity index (χ2n) is 8.89. The lowest BCUT2D eigenvalue weighted by molar-refractivity contribution is -0.144. The summed E-state index contributed by atoms with van der Waals surface area (Å²) in [5.74, 6) is -3.21. The van der Waals surface area contributed by atoms with Gasteiger partial charge in [-0.3, -0.25) is 9.79 Å². The maximum absolute atomic E-state index is 13.7. The van der Waals surface area contributed by atoms with Gasteiger partial charge in [0.15, 0.2) is 0 Å². The van der Waals surface area contributed by atoms with Crippen molar-refractivity contribution in [3.63, 3.8) is 0 Å². The second-order valence-corrected chi connectivity index (χ2v) is 9.67. The quantitative estimate of drug-likeness (QED) is 0.239. The van der Waals surface area contributed by atoms with Crippen molar-refractivity contribution in [2.24, 2.45) is 10.9 Å². The molecule has 0 saturated carbocycles. The number of ether oxygens (including phenoxy) is 4. The topological polar surface area (TPSA) is 95.5 Å². The molecule has 2 aromatic carbocycles. The monoisotopic (exact) mass is 594 g/mol. The molecular formula is C29H33Cl2FN2O6. The minimum absolute atomic E-state index is 0.0248. The van der Waals surface area contributed by atoms with E-state index in [-0.39, 0.29) is 41.3 Å². The number of hydrogen-bond acceptors (Lipinski definition) is 8. The molecule has 8 nitrogen and oxygen atoms in total. The van der Waals surface area contributed by atoms with Crippen LogP contribution < -0.4 is 5.32 Å². The lowest BCUT2D eigenvalue weighted by Gasteiger charge is -2.32. The second kappa shape index (κ2) is 15.8. The lowest BCUT2D eigenvalue weighted by atomic mass is 9.75. The molecule has 2 atom stereocenters. The van der Waals surface area contributed by atoms with Crippen LogP contribution in [-0.2, 0) is 35.1 Å². The van der Waals surface area contributed by atoms with Gasteiger partial charge >= 0.3 is 11.9 Å². The highest BCUT2D eigenvalue weighted by Crippen LogP contribution is 2.44. The van der Waals surface area contributed by atoms with Crippen molar-refractivity contribution >= 4 is 40.9 Å². The van der Waals surface area contributed by atoms with Crippen molar-refractivity contribution in [2.75, 3.05) is 46.7 Å². The van der Waals surface area contributed by atoms with E-state index in [9.17, 15) is 14.0 Å². The summed E-state index contributed by atoms with van der Waals surface area (Å²) in [4.78, 5) is 30.6. The van der Waals surface area contributed by atoms with Crippen molar-refractivity contribution in [1.29, 1.82) is 0 Å². The van der Waals surface area contributed by atoms with Gasteiger partial charge in [0.2, 0.25) is 0 Å². The maximum atomic E-state index is 13.7. The summed E-state index contributed by atoms with van der Waals surface area (Å²) in [6.07, 6.45) is 0. The number of nitrogens with zero attached hydrogens (tertiary/aromatic N) is 1. The van der Waals surface area contributed by atoms with Crippen LogP contribution in [0.1, 0.15) is 30.9 Å². The molecule has 0 aromatic heterocycles. The fraction of sp³-hybridized carbons (Fsp3) is 0.414. The van der Waals surface area contributed by atoms with E-state index in [0.717, 1.165) is 0 Å². The van der Waals surface area contributed by atoms with Crippen molar-refractivity contribution < 1.29 is 32.9 Å². The van der Waals surface area contributed by atoms with Crippen molar-refractivity contribution in [3.8, 4) is 0 Å². The van der Waals surface area contributed by atoms with Crippen LogP contribution in [-0.4, -0.2) is 64.3 Å². The molecule has 11 heteroatoms. The largest absolute Gasteiger partial charge is 0.468 e. The summed E-state index contributed by atoms with van der Waals surface area (Å²) in [6, 6.07) is 11.6. The van der Waals surface area contributed by atoms with Crippen LogP contribution in [0.2, 0.25) is 10.0 Å². The van der Waals surface area contributed by atoms with Gasteiger partial charge in [0.25, 0.3) is 0 Å². The number of methoxy groups -OCH3 is 1. The standard InChI is InChI=1S/C29H33Cl2FN2O6/c1-4-40-29(36)26-23(17-39-15-14-38-13-12-33-16-19-8-5-6-11-22(19)32)34-18(2)24(28(35)37-3)25(26)20-9-7-10-21(30)27(20)31/h5-11,24-25,33H,4,12-17H2,1-3H3. The van der Waals surface area contributed by atoms with E-state index in [2.05, 4.69) is 10.3 Å². The van der Waals surface area contributed by atoms with E-state index in [1.54, 1.807) is 50.2 Å². The number of esters is 2. The minimum Gasteiger partial charge on any atom is -0.468 e. The summed E-state index contributed by atoms with van der Waals surface area (Å²) in [5, 5.41) is 3.63. The fourth-order valence-electron chi connectivity index (χ4n) is 4.42. The fourth-order valence-corrected chi connectivity index (χ4v) is 4.85. The zero-order valence-electron chi connectivity index (χ0n) is 22.7. The zero-order valence-corrected chi connectivity index (χ0v) is 24.2. The Labute approximate surface area is 243 Å². The average Bonchev–Trinajstić information content (AvgIpc) is 2.93. The average molecular weight is 595 g/mol. The first-order chi connectivity index (χ1) is 19.3. The van der Waals surface area contributed by atoms with Crippen LogP contribution in [0.4, 0.5) is 4.39 Å². The molecule has 0 spiro atoms. The van der Waals surface area contributed by atoms with Gasteiger partial charge in [-0.05, 0) is 31.5 Å². The molecule has 0 bridgehead atoms. The number of carbonyl (C=O) groups is 2. The van der Waals surface area contributed by atoms with E-state index < -0.39 is 23.8 Å². The van der Waals surface area contributed by atoms with E-state index in [1.165, 1.54) is 13.2 Å². The molecule has 0 amide bonds. The first-order valence-electron chi connectivity index (χ1n) is 12.9. The smallest absolute Gasteiger partial charge is 0.336 e. The Morgan fingerprint density at radius 1 is 1.05 bits per heavy atom. The van der Waals surface area contributed by atoms with E-state index >= 15 is 0 Å². The third-order valence-corrected chi connectivity index (χ3v) is 7.12. The minimum atomic E-state index is -0.913. The first-order valence-corrected chi connectivity index (χ1v) is 13.6. The number of nitrogens with one attached hydrogen (secondary N) is 1. The summed E-state index contributed by atoms with van der Waals surface area (Å²) in [7, 11) is 1.27. The van der Waals surface area contributed by atoms with E-state index in [4.69, 9.17) is 42.1 Å². The predicted octanol–water partition coefficient (Wildman–Crippen LogP) is 5.12. The Kier molecular flexibility index (Phi) is 12.5. The van der Waals surface area contributed by atoms with Gasteiger partial charge in [-0.1, -0.05) is 53.5 Å². The van der Waals surface area contributed by atoms with Gasteiger partial charge in [0, 0.05) is 30.3 Å². The van der Waals surface area contributed by atoms with Crippen LogP contribution in [0.5, 0.6) is 0 Å². The molecule has 1 aliphatic heterocycles. The van der Waals surface area contributed by atoms with Crippen LogP contribution in [0.25, 0.3) is 0 Å². The molecule has 0 saturated heterocycles. The third-order valence-electron chi connectivity index (χ3n) is 6.29. The highest BCUT2D eigenvalue weighted by atomic mass is 35.5. The molecule has 2 aromatic rings. The van der Waals surface area contributed by atoms with Crippen molar-refractivity contribution in [2.45, 2.75) is 26.3 Å². The van der Waals surface area contributed by atoms with Crippen molar-refractivity contribution in [3.05, 3.63) is 80.7 Å². The Bertz CT molecular complexity index is 1250. The Balaban J connectivity index is 1.68. The van der Waals surface area contributed by atoms with Gasteiger partial charge in [-0.2, -0.15) is 0 Å². The number of aliphatic imine (C=N–C) groups is 1. The van der Waals surface area contributed by atoms with Gasteiger partial charge in [0.1, 0.15) is 11.7 Å². The summed E-state index contributed by atoms with van der Waals surface area (Å²) in [6.45, 7) is 5.33. The highest BCUT2D eigenvalue weighted by molar-refractivity contribution is 6.42. The first kappa shape index (κ1) is 31.7. The summed E-state index contributed by atoms with van der Waals surface area (Å²) >= 11 is 12.8. The number of rotatable bonds is 14. The number of hydrogen-bond donors (Lipinski definition) is 1. The molecule has 1 heterocycles. The molecule has 1 N–H and O–H groups in total. The van der Waals surface area contributed by atoms with Crippen LogP contribution in [0.15, 0.2) is 58.7 Å². The summed E-state index contributed by atoms with van der Waals surface area (Å²) in [5.41, 5.74) is 1.99. The Hall–Kier alpha value is -2.82. The lowest BCUT2D eigenvalue weighted by Crippen LogP contribution is -2.37. The molecule has 0 fully saturated rings. The molecule has 2 unspecified atom stereocenters. The molecule has 216 valence electrons. The predicted molar refractivity (Wildman–Crippen MR) is 151 cm³/mol. The SMILES string of the molecule is CCOC(=O)C1=C(COCCOCCNCc2ccccc2F)N=C(C)C(C(=O)OC)C1c1cccc(Cl)c1Cl. The Morgan fingerprint density at radius 3 is 2.52 bits per heavy atom. The molecule has 0 aliphatic carbocycles. The Morgan fingerprint density at radius 2 is 1.80 bits per heavy atom. The van der Waals surface area contributed by atoms with Gasteiger partial charge in [-0.15, -0.1) is 0 Å². The zero-order chi connectivity index (χ0) is 29.1.